The lowest BCUT2D eigenvalue weighted by Crippen LogP contribution is -2.36. The third-order valence-electron chi connectivity index (χ3n) is 4.99. The van der Waals surface area contributed by atoms with Crippen molar-refractivity contribution in [3.63, 3.8) is 0 Å². The van der Waals surface area contributed by atoms with Gasteiger partial charge < -0.3 is 20.5 Å². The van der Waals surface area contributed by atoms with Crippen LogP contribution in [0, 0.1) is 5.92 Å². The normalized spacial score (nSPS) is 14.6. The molecular formula is C21H22BrClN2O4. The summed E-state index contributed by atoms with van der Waals surface area (Å²) in [5.74, 6) is -0.0642. The Hall–Kier alpha value is -2.25. The van der Waals surface area contributed by atoms with Crippen molar-refractivity contribution in [3.8, 4) is 11.5 Å². The number of amides is 2. The van der Waals surface area contributed by atoms with Crippen LogP contribution in [-0.2, 0) is 4.79 Å². The van der Waals surface area contributed by atoms with Gasteiger partial charge in [-0.3, -0.25) is 9.59 Å². The first-order valence-electron chi connectivity index (χ1n) is 9.24. The Labute approximate surface area is 182 Å². The van der Waals surface area contributed by atoms with Gasteiger partial charge in [0.25, 0.3) is 11.8 Å². The number of carbonyl (C=O) groups excluding carboxylic acids is 2. The quantitative estimate of drug-likeness (QED) is 0.590. The van der Waals surface area contributed by atoms with Crippen LogP contribution in [0.25, 0.3) is 0 Å². The predicted molar refractivity (Wildman–Crippen MR) is 114 cm³/mol. The number of benzene rings is 2. The van der Waals surface area contributed by atoms with Gasteiger partial charge >= 0.3 is 0 Å². The minimum atomic E-state index is -0.636. The first-order chi connectivity index (χ1) is 13.9. The maximum absolute atomic E-state index is 13.0. The van der Waals surface area contributed by atoms with Gasteiger partial charge in [0.2, 0.25) is 0 Å². The van der Waals surface area contributed by atoms with Crippen LogP contribution < -0.4 is 20.5 Å². The Morgan fingerprint density at radius 2 is 1.97 bits per heavy atom. The monoisotopic (exact) mass is 480 g/mol. The van der Waals surface area contributed by atoms with Crippen LogP contribution in [0.15, 0.2) is 40.9 Å². The van der Waals surface area contributed by atoms with E-state index in [4.69, 9.17) is 26.8 Å². The van der Waals surface area contributed by atoms with E-state index in [1.165, 1.54) is 25.7 Å². The van der Waals surface area contributed by atoms with Crippen LogP contribution >= 0.6 is 27.5 Å². The molecule has 0 aliphatic heterocycles. The van der Waals surface area contributed by atoms with Crippen LogP contribution in [0.1, 0.15) is 41.2 Å². The van der Waals surface area contributed by atoms with E-state index < -0.39 is 5.91 Å². The Morgan fingerprint density at radius 1 is 1.28 bits per heavy atom. The molecule has 0 bridgehead atoms. The second-order valence-electron chi connectivity index (χ2n) is 6.94. The number of halogens is 2. The summed E-state index contributed by atoms with van der Waals surface area (Å²) >= 11 is 9.72. The molecule has 154 valence electrons. The number of nitrogens with one attached hydrogen (secondary N) is 1. The van der Waals surface area contributed by atoms with E-state index in [1.807, 2.05) is 24.3 Å². The second-order valence-corrected chi connectivity index (χ2v) is 8.26. The summed E-state index contributed by atoms with van der Waals surface area (Å²) in [6.45, 7) is -0.338. The fraction of sp³-hybridized carbons (Fsp3) is 0.333. The number of rotatable bonds is 8. The largest absolute Gasteiger partial charge is 0.493 e. The van der Waals surface area contributed by atoms with Crippen molar-refractivity contribution in [2.75, 3.05) is 13.7 Å². The molecule has 1 fully saturated rings. The van der Waals surface area contributed by atoms with Crippen molar-refractivity contribution >= 4 is 39.3 Å². The number of carbonyl (C=O) groups is 2. The summed E-state index contributed by atoms with van der Waals surface area (Å²) in [5.41, 5.74) is 6.52. The van der Waals surface area contributed by atoms with Crippen LogP contribution in [0.2, 0.25) is 5.02 Å². The van der Waals surface area contributed by atoms with Crippen molar-refractivity contribution in [2.45, 2.75) is 25.3 Å². The van der Waals surface area contributed by atoms with Crippen LogP contribution in [0.3, 0.4) is 0 Å². The fourth-order valence-corrected chi connectivity index (χ4v) is 3.81. The van der Waals surface area contributed by atoms with Crippen molar-refractivity contribution in [1.29, 1.82) is 0 Å². The van der Waals surface area contributed by atoms with Crippen molar-refractivity contribution in [2.24, 2.45) is 11.7 Å². The Bertz CT molecular complexity index is 900. The number of primary amides is 1. The Balaban J connectivity index is 1.83. The molecule has 1 unspecified atom stereocenters. The lowest BCUT2D eigenvalue weighted by molar-refractivity contribution is -0.119. The maximum Gasteiger partial charge on any atom is 0.255 e. The van der Waals surface area contributed by atoms with Gasteiger partial charge in [-0.15, -0.1) is 0 Å². The van der Waals surface area contributed by atoms with E-state index in [1.54, 1.807) is 0 Å². The zero-order valence-corrected chi connectivity index (χ0v) is 18.3. The molecule has 2 amide bonds. The van der Waals surface area contributed by atoms with Crippen molar-refractivity contribution in [1.82, 2.24) is 5.32 Å². The van der Waals surface area contributed by atoms with Gasteiger partial charge in [0.1, 0.15) is 0 Å². The number of hydrogen-bond acceptors (Lipinski definition) is 4. The molecule has 0 saturated heterocycles. The Morgan fingerprint density at radius 3 is 2.52 bits per heavy atom. The zero-order chi connectivity index (χ0) is 21.0. The van der Waals surface area contributed by atoms with Gasteiger partial charge in [0.15, 0.2) is 18.1 Å². The van der Waals surface area contributed by atoms with Crippen LogP contribution in [0.4, 0.5) is 0 Å². The van der Waals surface area contributed by atoms with Gasteiger partial charge in [-0.05, 0) is 48.6 Å². The molecule has 29 heavy (non-hydrogen) atoms. The second kappa shape index (κ2) is 9.50. The standard InChI is InChI=1S/C21H22BrClN2O4/c1-28-17-10-14(9-16(23)20(17)29-11-18(24)26)21(27)25-19(12-3-2-4-12)13-5-7-15(22)8-6-13/h5-10,12,19H,2-4,11H2,1H3,(H2,24,26)(H,25,27). The molecule has 0 radical (unpaired) electrons. The molecule has 1 saturated carbocycles. The molecule has 0 heterocycles. The van der Waals surface area contributed by atoms with E-state index in [0.29, 0.717) is 11.5 Å². The summed E-state index contributed by atoms with van der Waals surface area (Å²) in [4.78, 5) is 24.0. The highest BCUT2D eigenvalue weighted by Gasteiger charge is 2.30. The average molecular weight is 482 g/mol. The molecule has 6 nitrogen and oxygen atoms in total. The third kappa shape index (κ3) is 5.22. The van der Waals surface area contributed by atoms with Crippen LogP contribution in [-0.4, -0.2) is 25.5 Å². The third-order valence-corrected chi connectivity index (χ3v) is 5.80. The highest BCUT2D eigenvalue weighted by Crippen LogP contribution is 2.39. The first-order valence-corrected chi connectivity index (χ1v) is 10.4. The van der Waals surface area contributed by atoms with E-state index in [-0.39, 0.29) is 35.1 Å². The number of ether oxygens (including phenoxy) is 2. The molecule has 0 aromatic heterocycles. The molecular weight excluding hydrogens is 460 g/mol. The van der Waals surface area contributed by atoms with Crippen molar-refractivity contribution < 1.29 is 19.1 Å². The van der Waals surface area contributed by atoms with Gasteiger partial charge in [-0.25, -0.2) is 0 Å². The summed E-state index contributed by atoms with van der Waals surface area (Å²) in [7, 11) is 1.43. The average Bonchev–Trinajstić information content (AvgIpc) is 2.64. The molecule has 3 rings (SSSR count). The number of methoxy groups -OCH3 is 1. The molecule has 2 aromatic rings. The summed E-state index contributed by atoms with van der Waals surface area (Å²) in [6, 6.07) is 10.9. The topological polar surface area (TPSA) is 90.7 Å². The highest BCUT2D eigenvalue weighted by molar-refractivity contribution is 9.10. The number of hydrogen-bond donors (Lipinski definition) is 2. The molecule has 1 atom stereocenters. The fourth-order valence-electron chi connectivity index (χ4n) is 3.28. The molecule has 3 N–H and O–H groups in total. The van der Waals surface area contributed by atoms with Crippen molar-refractivity contribution in [3.05, 3.63) is 57.0 Å². The maximum atomic E-state index is 13.0. The zero-order valence-electron chi connectivity index (χ0n) is 15.9. The molecule has 1 aliphatic carbocycles. The molecule has 8 heteroatoms. The summed E-state index contributed by atoms with van der Waals surface area (Å²) in [5, 5.41) is 3.30. The summed E-state index contributed by atoms with van der Waals surface area (Å²) < 4.78 is 11.6. The lowest BCUT2D eigenvalue weighted by Gasteiger charge is -2.34. The highest BCUT2D eigenvalue weighted by atomic mass is 79.9. The van der Waals surface area contributed by atoms with E-state index in [2.05, 4.69) is 21.2 Å². The first kappa shape index (κ1) is 21.5. The SMILES string of the molecule is COc1cc(C(=O)NC(c2ccc(Br)cc2)C2CCC2)cc(Cl)c1OCC(N)=O. The Kier molecular flexibility index (Phi) is 7.03. The summed E-state index contributed by atoms with van der Waals surface area (Å²) in [6.07, 6.45) is 3.31. The minimum absolute atomic E-state index is 0.0834. The molecule has 1 aliphatic rings. The van der Waals surface area contributed by atoms with E-state index >= 15 is 0 Å². The van der Waals surface area contributed by atoms with Gasteiger partial charge in [0.05, 0.1) is 18.2 Å². The van der Waals surface area contributed by atoms with Crippen LogP contribution in [0.5, 0.6) is 11.5 Å². The van der Waals surface area contributed by atoms with Gasteiger partial charge in [0, 0.05) is 10.0 Å². The van der Waals surface area contributed by atoms with E-state index in [9.17, 15) is 9.59 Å². The number of nitrogens with two attached hydrogens (primary N) is 1. The lowest BCUT2D eigenvalue weighted by atomic mass is 9.77. The van der Waals surface area contributed by atoms with Gasteiger partial charge in [-0.2, -0.15) is 0 Å². The molecule has 0 spiro atoms. The van der Waals surface area contributed by atoms with E-state index in [0.717, 1.165) is 22.9 Å². The minimum Gasteiger partial charge on any atom is -0.493 e. The van der Waals surface area contributed by atoms with Gasteiger partial charge in [-0.1, -0.05) is 46.1 Å². The predicted octanol–water partition coefficient (Wildman–Crippen LogP) is 4.25. The smallest absolute Gasteiger partial charge is 0.255 e. The molecule has 2 aromatic carbocycles.